The van der Waals surface area contributed by atoms with E-state index in [-0.39, 0.29) is 5.91 Å². The fourth-order valence-electron chi connectivity index (χ4n) is 3.71. The maximum Gasteiger partial charge on any atom is 0.274 e. The van der Waals surface area contributed by atoms with Crippen molar-refractivity contribution in [3.63, 3.8) is 0 Å². The third kappa shape index (κ3) is 2.67. The molecule has 0 N–H and O–H groups in total. The summed E-state index contributed by atoms with van der Waals surface area (Å²) in [6, 6.07) is 3.71. The summed E-state index contributed by atoms with van der Waals surface area (Å²) in [7, 11) is 1.93. The topological polar surface area (TPSA) is 68.3 Å². The van der Waals surface area contributed by atoms with E-state index in [9.17, 15) is 4.79 Å². The van der Waals surface area contributed by atoms with Gasteiger partial charge in [-0.2, -0.15) is 10.2 Å². The van der Waals surface area contributed by atoms with Crippen molar-refractivity contribution in [1.29, 1.82) is 0 Å². The average Bonchev–Trinajstić information content (AvgIpc) is 3.16. The molecule has 26 heavy (non-hydrogen) atoms. The summed E-state index contributed by atoms with van der Waals surface area (Å²) in [5.74, 6) is 0.679. The number of rotatable bonds is 2. The van der Waals surface area contributed by atoms with Crippen LogP contribution in [0.2, 0.25) is 0 Å². The average molecular weight is 352 g/mol. The second kappa shape index (κ2) is 6.23. The number of hydrogen-bond donors (Lipinski definition) is 0. The first-order chi connectivity index (χ1) is 12.5. The summed E-state index contributed by atoms with van der Waals surface area (Å²) in [6.07, 6.45) is 3.86. The zero-order chi connectivity index (χ0) is 18.4. The van der Waals surface area contributed by atoms with Crippen molar-refractivity contribution in [2.75, 3.05) is 13.1 Å². The van der Waals surface area contributed by atoms with Gasteiger partial charge in [0.1, 0.15) is 0 Å². The molecule has 3 aromatic rings. The molecule has 0 saturated carbocycles. The van der Waals surface area contributed by atoms with Gasteiger partial charge in [-0.15, -0.1) is 0 Å². The van der Waals surface area contributed by atoms with Gasteiger partial charge in [-0.3, -0.25) is 9.48 Å². The lowest BCUT2D eigenvalue weighted by Crippen LogP contribution is -2.38. The van der Waals surface area contributed by atoms with Crippen LogP contribution in [-0.2, 0) is 7.05 Å². The Bertz CT molecular complexity index is 977. The predicted molar refractivity (Wildman–Crippen MR) is 99.0 cm³/mol. The molecule has 0 bridgehead atoms. The Morgan fingerprint density at radius 2 is 1.92 bits per heavy atom. The Hall–Kier alpha value is -2.70. The minimum atomic E-state index is -0.00650. The predicted octanol–water partition coefficient (Wildman–Crippen LogP) is 2.62. The summed E-state index contributed by atoms with van der Waals surface area (Å²) in [5, 5.41) is 9.10. The fraction of sp³-hybridized carbons (Fsp3) is 0.474. The molecule has 0 aliphatic carbocycles. The maximum absolute atomic E-state index is 12.9. The van der Waals surface area contributed by atoms with Crippen molar-refractivity contribution in [2.45, 2.75) is 33.6 Å². The van der Waals surface area contributed by atoms with Crippen LogP contribution in [0.3, 0.4) is 0 Å². The van der Waals surface area contributed by atoms with Crippen LogP contribution in [-0.4, -0.2) is 48.3 Å². The third-order valence-electron chi connectivity index (χ3n) is 5.41. The van der Waals surface area contributed by atoms with Crippen molar-refractivity contribution < 1.29 is 4.79 Å². The van der Waals surface area contributed by atoms with Crippen LogP contribution in [0.4, 0.5) is 0 Å². The van der Waals surface area contributed by atoms with E-state index < -0.39 is 0 Å². The molecule has 0 spiro atoms. The first-order valence-electron chi connectivity index (χ1n) is 9.10. The Labute approximate surface area is 152 Å². The monoisotopic (exact) mass is 352 g/mol. The molecule has 1 fully saturated rings. The lowest BCUT2D eigenvalue weighted by molar-refractivity contribution is 0.0691. The number of nitrogens with zero attached hydrogens (tertiary/aromatic N) is 6. The van der Waals surface area contributed by atoms with Gasteiger partial charge in [0.2, 0.25) is 0 Å². The summed E-state index contributed by atoms with van der Waals surface area (Å²) >= 11 is 0. The molecular weight excluding hydrogens is 328 g/mol. The van der Waals surface area contributed by atoms with Gasteiger partial charge in [0.25, 0.3) is 5.91 Å². The zero-order valence-corrected chi connectivity index (χ0v) is 15.7. The molecule has 0 atom stereocenters. The van der Waals surface area contributed by atoms with Crippen LogP contribution in [0.15, 0.2) is 18.3 Å². The standard InChI is InChI=1S/C19H24N6O/c1-12-6-9-24(10-7-12)19(26)15-11-17-20-8-5-16(25(17)22-15)18-13(2)21-23(4)14(18)3/h5,8,11-12H,6-7,9-10H2,1-4H3. The third-order valence-corrected chi connectivity index (χ3v) is 5.41. The minimum absolute atomic E-state index is 0.00650. The number of piperidine rings is 1. The highest BCUT2D eigenvalue weighted by molar-refractivity contribution is 5.93. The number of aromatic nitrogens is 5. The van der Waals surface area contributed by atoms with Crippen LogP contribution in [0.5, 0.6) is 0 Å². The highest BCUT2D eigenvalue weighted by Crippen LogP contribution is 2.27. The summed E-state index contributed by atoms with van der Waals surface area (Å²) in [5.41, 5.74) is 5.07. The Morgan fingerprint density at radius 1 is 1.19 bits per heavy atom. The molecule has 0 radical (unpaired) electrons. The quantitative estimate of drug-likeness (QED) is 0.711. The molecule has 0 aromatic carbocycles. The zero-order valence-electron chi connectivity index (χ0n) is 15.7. The summed E-state index contributed by atoms with van der Waals surface area (Å²) < 4.78 is 3.62. The second-order valence-electron chi connectivity index (χ2n) is 7.27. The molecule has 0 unspecified atom stereocenters. The molecule has 7 nitrogen and oxygen atoms in total. The highest BCUT2D eigenvalue weighted by Gasteiger charge is 2.24. The van der Waals surface area contributed by atoms with Gasteiger partial charge in [0, 0.05) is 43.7 Å². The number of likely N-dealkylation sites (tertiary alicyclic amines) is 1. The lowest BCUT2D eigenvalue weighted by atomic mass is 9.99. The molecule has 7 heteroatoms. The second-order valence-corrected chi connectivity index (χ2v) is 7.27. The maximum atomic E-state index is 12.9. The van der Waals surface area contributed by atoms with Crippen LogP contribution >= 0.6 is 0 Å². The summed E-state index contributed by atoms with van der Waals surface area (Å²) in [6.45, 7) is 7.86. The Morgan fingerprint density at radius 3 is 2.58 bits per heavy atom. The van der Waals surface area contributed by atoms with Crippen LogP contribution < -0.4 is 0 Å². The van der Waals surface area contributed by atoms with E-state index in [1.165, 1.54) is 0 Å². The fourth-order valence-corrected chi connectivity index (χ4v) is 3.71. The molecule has 1 aliphatic heterocycles. The molecule has 3 aromatic heterocycles. The minimum Gasteiger partial charge on any atom is -0.337 e. The van der Waals surface area contributed by atoms with Crippen molar-refractivity contribution in [3.05, 3.63) is 35.4 Å². The Kier molecular flexibility index (Phi) is 4.01. The van der Waals surface area contributed by atoms with E-state index in [1.54, 1.807) is 16.8 Å². The van der Waals surface area contributed by atoms with Gasteiger partial charge in [-0.05, 0) is 38.7 Å². The number of carbonyl (C=O) groups is 1. The molecule has 4 heterocycles. The summed E-state index contributed by atoms with van der Waals surface area (Å²) in [4.78, 5) is 19.2. The van der Waals surface area contributed by atoms with Gasteiger partial charge in [0.05, 0.1) is 11.4 Å². The van der Waals surface area contributed by atoms with E-state index in [2.05, 4.69) is 22.1 Å². The van der Waals surface area contributed by atoms with Gasteiger partial charge in [-0.1, -0.05) is 6.92 Å². The van der Waals surface area contributed by atoms with Crippen molar-refractivity contribution in [1.82, 2.24) is 29.3 Å². The molecule has 1 saturated heterocycles. The molecular formula is C19H24N6O. The normalized spacial score (nSPS) is 15.8. The van der Waals surface area contributed by atoms with Crippen molar-refractivity contribution in [2.24, 2.45) is 13.0 Å². The van der Waals surface area contributed by atoms with E-state index in [4.69, 9.17) is 0 Å². The molecule has 4 rings (SSSR count). The van der Waals surface area contributed by atoms with Crippen molar-refractivity contribution >= 4 is 11.6 Å². The number of carbonyl (C=O) groups excluding carboxylic acids is 1. The van der Waals surface area contributed by atoms with Crippen LogP contribution in [0.1, 0.15) is 41.6 Å². The van der Waals surface area contributed by atoms with Crippen LogP contribution in [0, 0.1) is 19.8 Å². The first kappa shape index (κ1) is 16.8. The van der Waals surface area contributed by atoms with Gasteiger partial charge >= 0.3 is 0 Å². The number of fused-ring (bicyclic) bond motifs is 1. The van der Waals surface area contributed by atoms with Gasteiger partial charge in [0.15, 0.2) is 11.3 Å². The highest BCUT2D eigenvalue weighted by atomic mass is 16.2. The van der Waals surface area contributed by atoms with Crippen LogP contribution in [0.25, 0.3) is 16.9 Å². The van der Waals surface area contributed by atoms with E-state index in [1.807, 2.05) is 36.5 Å². The molecule has 136 valence electrons. The van der Waals surface area contributed by atoms with E-state index in [0.717, 1.165) is 48.6 Å². The van der Waals surface area contributed by atoms with E-state index in [0.29, 0.717) is 17.3 Å². The largest absolute Gasteiger partial charge is 0.337 e. The molecule has 1 amide bonds. The first-order valence-corrected chi connectivity index (χ1v) is 9.10. The lowest BCUT2D eigenvalue weighted by Gasteiger charge is -2.29. The number of aryl methyl sites for hydroxylation is 2. The SMILES string of the molecule is Cc1nn(C)c(C)c1-c1ccnc2cc(C(=O)N3CCC(C)CC3)nn12. The Balaban J connectivity index is 1.75. The number of amides is 1. The van der Waals surface area contributed by atoms with Gasteiger partial charge < -0.3 is 4.90 Å². The smallest absolute Gasteiger partial charge is 0.274 e. The van der Waals surface area contributed by atoms with Crippen molar-refractivity contribution in [3.8, 4) is 11.3 Å². The number of hydrogen-bond acceptors (Lipinski definition) is 4. The molecule has 1 aliphatic rings. The van der Waals surface area contributed by atoms with E-state index >= 15 is 0 Å². The van der Waals surface area contributed by atoms with Gasteiger partial charge in [-0.25, -0.2) is 9.50 Å².